The lowest BCUT2D eigenvalue weighted by molar-refractivity contribution is -0.622. The molecule has 76 valence electrons. The standard InChI is InChI=1S/C11H15NO2/c1-9-3-2-4-11(12(9)13)10-5-7-14-8-6-10/h2-4,10H,5-8H2,1H3. The van der Waals surface area contributed by atoms with E-state index in [2.05, 4.69) is 0 Å². The van der Waals surface area contributed by atoms with Crippen LogP contribution in [0.2, 0.25) is 0 Å². The summed E-state index contributed by atoms with van der Waals surface area (Å²) in [5.74, 6) is 0.376. The van der Waals surface area contributed by atoms with Crippen molar-refractivity contribution in [1.82, 2.24) is 0 Å². The summed E-state index contributed by atoms with van der Waals surface area (Å²) >= 11 is 0. The Kier molecular flexibility index (Phi) is 2.68. The van der Waals surface area contributed by atoms with Crippen LogP contribution in [-0.2, 0) is 4.74 Å². The first-order chi connectivity index (χ1) is 6.79. The minimum Gasteiger partial charge on any atom is -0.618 e. The zero-order chi connectivity index (χ0) is 9.97. The van der Waals surface area contributed by atoms with Gasteiger partial charge in [0.1, 0.15) is 0 Å². The Morgan fingerprint density at radius 1 is 1.36 bits per heavy atom. The maximum absolute atomic E-state index is 11.7. The summed E-state index contributed by atoms with van der Waals surface area (Å²) in [5.41, 5.74) is 1.67. The van der Waals surface area contributed by atoms with Gasteiger partial charge in [0.05, 0.1) is 0 Å². The molecule has 0 unspecified atom stereocenters. The fourth-order valence-electron chi connectivity index (χ4n) is 1.92. The second-order valence-corrected chi connectivity index (χ2v) is 3.77. The topological polar surface area (TPSA) is 36.2 Å². The van der Waals surface area contributed by atoms with Crippen molar-refractivity contribution >= 4 is 0 Å². The van der Waals surface area contributed by atoms with Gasteiger partial charge in [-0.25, -0.2) is 0 Å². The van der Waals surface area contributed by atoms with Crippen molar-refractivity contribution in [3.63, 3.8) is 0 Å². The summed E-state index contributed by atoms with van der Waals surface area (Å²) in [6.45, 7) is 3.40. The molecule has 0 radical (unpaired) electrons. The summed E-state index contributed by atoms with van der Waals surface area (Å²) in [7, 11) is 0. The summed E-state index contributed by atoms with van der Waals surface area (Å²) in [5, 5.41) is 11.7. The van der Waals surface area contributed by atoms with Gasteiger partial charge in [-0.15, -0.1) is 0 Å². The third kappa shape index (κ3) is 1.73. The first kappa shape index (κ1) is 9.46. The van der Waals surface area contributed by atoms with Gasteiger partial charge in [0, 0.05) is 38.2 Å². The van der Waals surface area contributed by atoms with Crippen molar-refractivity contribution in [3.8, 4) is 0 Å². The summed E-state index contributed by atoms with van der Waals surface area (Å²) in [6, 6.07) is 5.72. The van der Waals surface area contributed by atoms with Gasteiger partial charge in [0.2, 0.25) is 0 Å². The highest BCUT2D eigenvalue weighted by Gasteiger charge is 2.22. The Morgan fingerprint density at radius 2 is 2.07 bits per heavy atom. The Hall–Kier alpha value is -1.09. The van der Waals surface area contributed by atoms with Gasteiger partial charge in [-0.2, -0.15) is 4.73 Å². The van der Waals surface area contributed by atoms with E-state index in [0.29, 0.717) is 5.92 Å². The second-order valence-electron chi connectivity index (χ2n) is 3.77. The number of aromatic nitrogens is 1. The molecule has 1 aliphatic heterocycles. The number of ether oxygens (including phenoxy) is 1. The van der Waals surface area contributed by atoms with Gasteiger partial charge in [-0.3, -0.25) is 0 Å². The van der Waals surface area contributed by atoms with Crippen molar-refractivity contribution in [2.45, 2.75) is 25.7 Å². The smallest absolute Gasteiger partial charge is 0.196 e. The highest BCUT2D eigenvalue weighted by molar-refractivity contribution is 5.08. The quantitative estimate of drug-likeness (QED) is 0.501. The molecule has 0 saturated carbocycles. The average molecular weight is 193 g/mol. The van der Waals surface area contributed by atoms with E-state index in [1.807, 2.05) is 25.1 Å². The van der Waals surface area contributed by atoms with Crippen LogP contribution >= 0.6 is 0 Å². The molecule has 0 amide bonds. The molecule has 1 saturated heterocycles. The van der Waals surface area contributed by atoms with E-state index in [-0.39, 0.29) is 0 Å². The van der Waals surface area contributed by atoms with E-state index in [1.54, 1.807) is 0 Å². The van der Waals surface area contributed by atoms with Crippen LogP contribution in [-0.4, -0.2) is 13.2 Å². The van der Waals surface area contributed by atoms with Crippen LogP contribution in [0, 0.1) is 12.1 Å². The molecule has 3 heteroatoms. The third-order valence-electron chi connectivity index (χ3n) is 2.80. The van der Waals surface area contributed by atoms with Crippen LogP contribution in [0.1, 0.15) is 30.1 Å². The minimum atomic E-state index is 0.376. The van der Waals surface area contributed by atoms with Crippen molar-refractivity contribution < 1.29 is 9.47 Å². The van der Waals surface area contributed by atoms with Gasteiger partial charge < -0.3 is 9.94 Å². The number of hydrogen-bond acceptors (Lipinski definition) is 2. The number of pyridine rings is 1. The van der Waals surface area contributed by atoms with E-state index >= 15 is 0 Å². The van der Waals surface area contributed by atoms with Crippen LogP contribution in [0.25, 0.3) is 0 Å². The molecule has 1 aromatic heterocycles. The minimum absolute atomic E-state index is 0.376. The number of aryl methyl sites for hydroxylation is 1. The predicted molar refractivity (Wildman–Crippen MR) is 52.9 cm³/mol. The monoisotopic (exact) mass is 193 g/mol. The van der Waals surface area contributed by atoms with Gasteiger partial charge in [0.25, 0.3) is 0 Å². The molecule has 1 aromatic rings. The lowest BCUT2D eigenvalue weighted by Gasteiger charge is -2.21. The van der Waals surface area contributed by atoms with Crippen LogP contribution in [0.4, 0.5) is 0 Å². The van der Waals surface area contributed by atoms with Crippen LogP contribution < -0.4 is 4.73 Å². The Morgan fingerprint density at radius 3 is 2.79 bits per heavy atom. The van der Waals surface area contributed by atoms with E-state index in [9.17, 15) is 5.21 Å². The van der Waals surface area contributed by atoms with Gasteiger partial charge >= 0.3 is 0 Å². The van der Waals surface area contributed by atoms with Crippen molar-refractivity contribution in [3.05, 3.63) is 34.8 Å². The lowest BCUT2D eigenvalue weighted by atomic mass is 9.96. The molecule has 2 rings (SSSR count). The van der Waals surface area contributed by atoms with Crippen molar-refractivity contribution in [1.29, 1.82) is 0 Å². The van der Waals surface area contributed by atoms with Crippen LogP contribution in [0.5, 0.6) is 0 Å². The van der Waals surface area contributed by atoms with Crippen LogP contribution in [0.3, 0.4) is 0 Å². The zero-order valence-corrected chi connectivity index (χ0v) is 8.40. The maximum atomic E-state index is 11.7. The van der Waals surface area contributed by atoms with Crippen molar-refractivity contribution in [2.24, 2.45) is 0 Å². The average Bonchev–Trinajstić information content (AvgIpc) is 2.23. The largest absolute Gasteiger partial charge is 0.618 e. The number of nitrogens with zero attached hydrogens (tertiary/aromatic N) is 1. The SMILES string of the molecule is Cc1cccc(C2CCOCC2)[n+]1[O-]. The lowest BCUT2D eigenvalue weighted by Crippen LogP contribution is -2.37. The summed E-state index contributed by atoms with van der Waals surface area (Å²) in [6.07, 6.45) is 1.93. The summed E-state index contributed by atoms with van der Waals surface area (Å²) < 4.78 is 6.33. The highest BCUT2D eigenvalue weighted by Crippen LogP contribution is 2.24. The molecule has 0 bridgehead atoms. The molecule has 0 aromatic carbocycles. The molecule has 3 nitrogen and oxygen atoms in total. The number of hydrogen-bond donors (Lipinski definition) is 0. The molecule has 0 spiro atoms. The first-order valence-electron chi connectivity index (χ1n) is 5.06. The normalized spacial score (nSPS) is 18.4. The van der Waals surface area contributed by atoms with Crippen molar-refractivity contribution in [2.75, 3.05) is 13.2 Å². The molecule has 0 atom stereocenters. The Balaban J connectivity index is 2.26. The molecule has 14 heavy (non-hydrogen) atoms. The maximum Gasteiger partial charge on any atom is 0.196 e. The van der Waals surface area contributed by atoms with E-state index in [4.69, 9.17) is 4.74 Å². The Bertz CT molecular complexity index is 319. The number of rotatable bonds is 1. The van der Waals surface area contributed by atoms with E-state index in [1.165, 1.54) is 0 Å². The Labute approximate surface area is 83.9 Å². The third-order valence-corrected chi connectivity index (χ3v) is 2.80. The van der Waals surface area contributed by atoms with Gasteiger partial charge in [-0.05, 0) is 18.9 Å². The molecular formula is C11H15NO2. The molecule has 2 heterocycles. The molecule has 1 aliphatic rings. The summed E-state index contributed by atoms with van der Waals surface area (Å²) in [4.78, 5) is 0. The molecule has 0 N–H and O–H groups in total. The molecule has 0 aliphatic carbocycles. The van der Waals surface area contributed by atoms with E-state index in [0.717, 1.165) is 42.2 Å². The molecule has 1 fully saturated rings. The fraction of sp³-hybridized carbons (Fsp3) is 0.545. The first-order valence-corrected chi connectivity index (χ1v) is 5.06. The van der Waals surface area contributed by atoms with Crippen LogP contribution in [0.15, 0.2) is 18.2 Å². The predicted octanol–water partition coefficient (Wildman–Crippen LogP) is 1.52. The second kappa shape index (κ2) is 3.96. The zero-order valence-electron chi connectivity index (χ0n) is 8.40. The van der Waals surface area contributed by atoms with Gasteiger partial charge in [0.15, 0.2) is 11.4 Å². The van der Waals surface area contributed by atoms with Gasteiger partial charge in [-0.1, -0.05) is 0 Å². The fourth-order valence-corrected chi connectivity index (χ4v) is 1.92. The van der Waals surface area contributed by atoms with E-state index < -0.39 is 0 Å². The highest BCUT2D eigenvalue weighted by atomic mass is 16.5. The molecular weight excluding hydrogens is 178 g/mol.